The Bertz CT molecular complexity index is 1480. The third-order valence-corrected chi connectivity index (χ3v) is 7.18. The van der Waals surface area contributed by atoms with Crippen LogP contribution in [0.15, 0.2) is 77.8 Å². The molecule has 0 radical (unpaired) electrons. The highest BCUT2D eigenvalue weighted by molar-refractivity contribution is 7.91. The van der Waals surface area contributed by atoms with Crippen LogP contribution in [-0.2, 0) is 21.1 Å². The lowest BCUT2D eigenvalue weighted by atomic mass is 10.0. The van der Waals surface area contributed by atoms with Gasteiger partial charge in [0.2, 0.25) is 5.91 Å². The zero-order valence-electron chi connectivity index (χ0n) is 18.5. The fraction of sp³-hybridized carbons (Fsp3) is 0.160. The van der Waals surface area contributed by atoms with E-state index in [1.807, 2.05) is 0 Å². The quantitative estimate of drug-likeness (QED) is 0.339. The van der Waals surface area contributed by atoms with E-state index in [0.29, 0.717) is 27.7 Å². The van der Waals surface area contributed by atoms with E-state index in [1.165, 1.54) is 30.3 Å². The van der Waals surface area contributed by atoms with E-state index >= 15 is 0 Å². The van der Waals surface area contributed by atoms with Crippen molar-refractivity contribution in [1.82, 2.24) is 4.98 Å². The number of rotatable bonds is 7. The second-order valence-corrected chi connectivity index (χ2v) is 10.0. The first-order valence-corrected chi connectivity index (χ1v) is 12.3. The summed E-state index contributed by atoms with van der Waals surface area (Å²) in [6.45, 7) is 1.56. The van der Waals surface area contributed by atoms with Gasteiger partial charge in [-0.2, -0.15) is 0 Å². The predicted molar refractivity (Wildman–Crippen MR) is 127 cm³/mol. The van der Waals surface area contributed by atoms with Gasteiger partial charge in [-0.25, -0.2) is 8.42 Å². The first-order valence-electron chi connectivity index (χ1n) is 10.6. The van der Waals surface area contributed by atoms with Crippen molar-refractivity contribution < 1.29 is 31.1 Å². The molecule has 0 atom stereocenters. The summed E-state index contributed by atoms with van der Waals surface area (Å²) < 4.78 is 66.7. The highest BCUT2D eigenvalue weighted by Crippen LogP contribution is 2.39. The number of hydrogen-bond acceptors (Lipinski definition) is 4. The lowest BCUT2D eigenvalue weighted by molar-refractivity contribution is -0.274. The minimum atomic E-state index is -4.84. The highest BCUT2D eigenvalue weighted by Gasteiger charge is 2.32. The number of sulfone groups is 1. The van der Waals surface area contributed by atoms with Crippen LogP contribution in [0.5, 0.6) is 5.75 Å². The molecule has 6 nitrogen and oxygen atoms in total. The van der Waals surface area contributed by atoms with Crippen molar-refractivity contribution in [1.29, 1.82) is 0 Å². The van der Waals surface area contributed by atoms with E-state index in [0.717, 1.165) is 0 Å². The molecule has 1 aromatic heterocycles. The van der Waals surface area contributed by atoms with Gasteiger partial charge < -0.3 is 15.0 Å². The number of carbonyl (C=O) groups is 1. The largest absolute Gasteiger partial charge is 0.573 e. The minimum absolute atomic E-state index is 0.0116. The fourth-order valence-corrected chi connectivity index (χ4v) is 4.64. The molecule has 0 saturated heterocycles. The number of para-hydroxylation sites is 1. The number of ether oxygens (including phenoxy) is 1. The van der Waals surface area contributed by atoms with E-state index in [2.05, 4.69) is 15.0 Å². The number of benzene rings is 3. The summed E-state index contributed by atoms with van der Waals surface area (Å²) in [4.78, 5) is 15.9. The number of H-pyrrole nitrogens is 1. The standard InChI is InChI=1S/C25H21F3N2O4S/c1-2-35(32,33)17-9-7-16(8-10-17)15-23(31)30-21-12-11-19(24-20(21)13-14-29-24)18-5-3-4-6-22(18)34-25(26,27)28/h3-14,29H,2,15H2,1H3,(H,30,31). The van der Waals surface area contributed by atoms with Gasteiger partial charge in [0.05, 0.1) is 28.3 Å². The average molecular weight is 503 g/mol. The number of fused-ring (bicyclic) bond motifs is 1. The Morgan fingerprint density at radius 1 is 0.971 bits per heavy atom. The van der Waals surface area contributed by atoms with Crippen molar-refractivity contribution in [2.45, 2.75) is 24.6 Å². The first kappa shape index (κ1) is 24.3. The number of aromatic amines is 1. The lowest BCUT2D eigenvalue weighted by Gasteiger charge is -2.15. The van der Waals surface area contributed by atoms with Crippen LogP contribution >= 0.6 is 0 Å². The molecule has 0 aliphatic rings. The molecule has 2 N–H and O–H groups in total. The molecular weight excluding hydrogens is 481 g/mol. The van der Waals surface area contributed by atoms with Gasteiger partial charge in [-0.3, -0.25) is 4.79 Å². The Kier molecular flexibility index (Phi) is 6.58. The number of anilines is 1. The van der Waals surface area contributed by atoms with Crippen molar-refractivity contribution in [2.75, 3.05) is 11.1 Å². The molecule has 3 aromatic carbocycles. The third-order valence-electron chi connectivity index (χ3n) is 5.43. The maximum atomic E-state index is 12.9. The molecule has 4 rings (SSSR count). The Morgan fingerprint density at radius 2 is 1.69 bits per heavy atom. The number of halogens is 3. The van der Waals surface area contributed by atoms with E-state index in [-0.39, 0.29) is 34.3 Å². The lowest BCUT2D eigenvalue weighted by Crippen LogP contribution is -2.17. The fourth-order valence-electron chi connectivity index (χ4n) is 3.75. The zero-order chi connectivity index (χ0) is 25.2. The number of hydrogen-bond donors (Lipinski definition) is 2. The number of aromatic nitrogens is 1. The van der Waals surface area contributed by atoms with Crippen LogP contribution in [0.25, 0.3) is 22.0 Å². The zero-order valence-corrected chi connectivity index (χ0v) is 19.3. The van der Waals surface area contributed by atoms with Crippen LogP contribution < -0.4 is 10.1 Å². The molecule has 0 aliphatic carbocycles. The van der Waals surface area contributed by atoms with Crippen molar-refractivity contribution in [3.8, 4) is 16.9 Å². The van der Waals surface area contributed by atoms with Gasteiger partial charge in [-0.1, -0.05) is 43.3 Å². The van der Waals surface area contributed by atoms with Gasteiger partial charge in [0.1, 0.15) is 5.75 Å². The topological polar surface area (TPSA) is 88.3 Å². The molecule has 1 amide bonds. The van der Waals surface area contributed by atoms with Gasteiger partial charge in [0.25, 0.3) is 0 Å². The van der Waals surface area contributed by atoms with Crippen LogP contribution in [0.2, 0.25) is 0 Å². The monoisotopic (exact) mass is 502 g/mol. The molecule has 0 aliphatic heterocycles. The van der Waals surface area contributed by atoms with E-state index in [4.69, 9.17) is 0 Å². The molecule has 0 bridgehead atoms. The minimum Gasteiger partial charge on any atom is -0.405 e. The average Bonchev–Trinajstić information content (AvgIpc) is 3.30. The summed E-state index contributed by atoms with van der Waals surface area (Å²) in [5.41, 5.74) is 2.38. The Balaban J connectivity index is 1.58. The number of nitrogens with one attached hydrogen (secondary N) is 2. The van der Waals surface area contributed by atoms with Gasteiger partial charge in [0, 0.05) is 22.7 Å². The smallest absolute Gasteiger partial charge is 0.405 e. The van der Waals surface area contributed by atoms with Crippen LogP contribution in [0.1, 0.15) is 12.5 Å². The van der Waals surface area contributed by atoms with E-state index in [1.54, 1.807) is 49.5 Å². The van der Waals surface area contributed by atoms with Crippen molar-refractivity contribution in [3.63, 3.8) is 0 Å². The molecule has 4 aromatic rings. The Morgan fingerprint density at radius 3 is 2.37 bits per heavy atom. The van der Waals surface area contributed by atoms with E-state index in [9.17, 15) is 26.4 Å². The van der Waals surface area contributed by atoms with Crippen LogP contribution in [-0.4, -0.2) is 31.4 Å². The summed E-state index contributed by atoms with van der Waals surface area (Å²) in [5.74, 6) is -0.671. The summed E-state index contributed by atoms with van der Waals surface area (Å²) in [6, 6.07) is 16.9. The summed E-state index contributed by atoms with van der Waals surface area (Å²) in [7, 11) is -3.33. The highest BCUT2D eigenvalue weighted by atomic mass is 32.2. The number of alkyl halides is 3. The van der Waals surface area contributed by atoms with Gasteiger partial charge in [-0.05, 0) is 35.9 Å². The maximum absolute atomic E-state index is 12.9. The molecule has 10 heteroatoms. The molecule has 0 saturated carbocycles. The van der Waals surface area contributed by atoms with Crippen LogP contribution in [0.3, 0.4) is 0 Å². The molecule has 182 valence electrons. The maximum Gasteiger partial charge on any atom is 0.573 e. The molecule has 0 spiro atoms. The normalized spacial score (nSPS) is 12.0. The molecule has 35 heavy (non-hydrogen) atoms. The summed E-state index contributed by atoms with van der Waals surface area (Å²) >= 11 is 0. The molecule has 1 heterocycles. The van der Waals surface area contributed by atoms with Crippen molar-refractivity contribution in [3.05, 3.63) is 78.5 Å². The molecule has 0 unspecified atom stereocenters. The number of amides is 1. The Labute approximate surface area is 199 Å². The second-order valence-electron chi connectivity index (χ2n) is 7.74. The van der Waals surface area contributed by atoms with E-state index < -0.39 is 16.2 Å². The molecule has 0 fully saturated rings. The summed E-state index contributed by atoms with van der Waals surface area (Å²) in [6.07, 6.45) is -3.19. The van der Waals surface area contributed by atoms with Gasteiger partial charge in [0.15, 0.2) is 9.84 Å². The second kappa shape index (κ2) is 9.46. The van der Waals surface area contributed by atoms with Crippen molar-refractivity contribution in [2.24, 2.45) is 0 Å². The SMILES string of the molecule is CCS(=O)(=O)c1ccc(CC(=O)Nc2ccc(-c3ccccc3OC(F)(F)F)c3[nH]ccc23)cc1. The first-order chi connectivity index (χ1) is 16.6. The van der Waals surface area contributed by atoms with Gasteiger partial charge in [-0.15, -0.1) is 13.2 Å². The van der Waals surface area contributed by atoms with Crippen LogP contribution in [0, 0.1) is 0 Å². The predicted octanol–water partition coefficient (Wildman–Crippen LogP) is 5.71. The van der Waals surface area contributed by atoms with Crippen molar-refractivity contribution >= 4 is 32.3 Å². The van der Waals surface area contributed by atoms with Crippen LogP contribution in [0.4, 0.5) is 18.9 Å². The molecular formula is C25H21F3N2O4S. The Hall–Kier alpha value is -3.79. The van der Waals surface area contributed by atoms with Gasteiger partial charge >= 0.3 is 6.36 Å². The summed E-state index contributed by atoms with van der Waals surface area (Å²) in [5, 5.41) is 3.43. The third kappa shape index (κ3) is 5.48. The number of carbonyl (C=O) groups excluding carboxylic acids is 1.